The first-order valence-electron chi connectivity index (χ1n) is 8.06. The molecule has 6 nitrogen and oxygen atoms in total. The molecule has 3 N–H and O–H groups in total. The Balaban J connectivity index is 1.98. The van der Waals surface area contributed by atoms with E-state index in [1.54, 1.807) is 0 Å². The maximum absolute atomic E-state index is 14.6. The number of nitrogens with two attached hydrogens (primary N) is 1. The summed E-state index contributed by atoms with van der Waals surface area (Å²) >= 11 is 0. The Morgan fingerprint density at radius 2 is 1.89 bits per heavy atom. The lowest BCUT2D eigenvalue weighted by Crippen LogP contribution is -2.34. The normalized spacial score (nSPS) is 22.8. The number of benzene rings is 1. The van der Waals surface area contributed by atoms with Gasteiger partial charge in [-0.3, -0.25) is 9.89 Å². The van der Waals surface area contributed by atoms with E-state index in [2.05, 4.69) is 4.99 Å². The van der Waals surface area contributed by atoms with Crippen molar-refractivity contribution in [1.29, 1.82) is 0 Å². The summed E-state index contributed by atoms with van der Waals surface area (Å²) in [4.78, 5) is 28.3. The van der Waals surface area contributed by atoms with E-state index in [0.717, 1.165) is 6.08 Å². The first-order valence-corrected chi connectivity index (χ1v) is 8.06. The van der Waals surface area contributed by atoms with E-state index in [-0.39, 0.29) is 18.5 Å². The van der Waals surface area contributed by atoms with E-state index in [1.165, 1.54) is 17.1 Å². The van der Waals surface area contributed by atoms with Gasteiger partial charge in [0, 0.05) is 17.8 Å². The van der Waals surface area contributed by atoms with Gasteiger partial charge < -0.3 is 10.8 Å². The maximum Gasteiger partial charge on any atom is 0.354 e. The molecule has 144 valence electrons. The summed E-state index contributed by atoms with van der Waals surface area (Å²) in [5, 5.41) is 9.32. The Hall–Kier alpha value is -3.43. The molecule has 4 rings (SSSR count). The summed E-state index contributed by atoms with van der Waals surface area (Å²) in [5.41, 5.74) is 3.20. The van der Waals surface area contributed by atoms with E-state index in [4.69, 9.17) is 5.73 Å². The number of urea groups is 1. The van der Waals surface area contributed by atoms with Crippen LogP contribution in [0.5, 0.6) is 0 Å². The van der Waals surface area contributed by atoms with Crippen LogP contribution in [0.1, 0.15) is 12.0 Å². The van der Waals surface area contributed by atoms with Gasteiger partial charge in [-0.25, -0.2) is 27.2 Å². The number of hydrogen-bond acceptors (Lipinski definition) is 3. The number of halogens is 4. The fourth-order valence-electron chi connectivity index (χ4n) is 3.75. The topological polar surface area (TPSA) is 96.0 Å². The van der Waals surface area contributed by atoms with Crippen molar-refractivity contribution in [2.75, 3.05) is 6.54 Å². The van der Waals surface area contributed by atoms with Crippen LogP contribution in [0.15, 0.2) is 46.1 Å². The zero-order valence-electron chi connectivity index (χ0n) is 14.0. The fraction of sp³-hybridized carbons (Fsp3) is 0.167. The van der Waals surface area contributed by atoms with Crippen molar-refractivity contribution in [2.24, 2.45) is 10.7 Å². The van der Waals surface area contributed by atoms with E-state index >= 15 is 0 Å². The minimum Gasteiger partial charge on any atom is -0.477 e. The predicted molar refractivity (Wildman–Crippen MR) is 88.2 cm³/mol. The summed E-state index contributed by atoms with van der Waals surface area (Å²) in [6, 6.07) is -0.294. The summed E-state index contributed by atoms with van der Waals surface area (Å²) in [6.07, 6.45) is 3.96. The summed E-state index contributed by atoms with van der Waals surface area (Å²) in [5.74, 6) is -8.77. The average Bonchev–Trinajstić information content (AvgIpc) is 3.24. The molecule has 1 aliphatic carbocycles. The highest BCUT2D eigenvalue weighted by atomic mass is 19.2. The molecule has 2 heterocycles. The van der Waals surface area contributed by atoms with Gasteiger partial charge in [0.2, 0.25) is 0 Å². The van der Waals surface area contributed by atoms with Crippen LogP contribution in [0.2, 0.25) is 0 Å². The van der Waals surface area contributed by atoms with Crippen molar-refractivity contribution in [1.82, 2.24) is 4.90 Å². The molecule has 28 heavy (non-hydrogen) atoms. The molecular formula is C18H11F4N3O3. The first kappa shape index (κ1) is 18.0. The predicted octanol–water partition coefficient (Wildman–Crippen LogP) is 2.51. The molecule has 2 aliphatic heterocycles. The Morgan fingerprint density at radius 3 is 2.54 bits per heavy atom. The van der Waals surface area contributed by atoms with Gasteiger partial charge in [0.1, 0.15) is 11.3 Å². The number of nitrogens with zero attached hydrogens (tertiary/aromatic N) is 2. The molecular weight excluding hydrogens is 382 g/mol. The zero-order chi connectivity index (χ0) is 20.4. The SMILES string of the molecule is NC(=O)N1CCC2=C1C=CC1(c3cc(F)c(F)c(F)c3F)N=C(C(=O)O)C=C21. The number of hydrogen-bond donors (Lipinski definition) is 2. The Morgan fingerprint density at radius 1 is 1.18 bits per heavy atom. The number of carboxylic acids is 1. The second kappa shape index (κ2) is 5.78. The average molecular weight is 393 g/mol. The third-order valence-corrected chi connectivity index (χ3v) is 4.98. The van der Waals surface area contributed by atoms with Gasteiger partial charge in [0.05, 0.1) is 0 Å². The number of amides is 2. The van der Waals surface area contributed by atoms with Gasteiger partial charge in [0.15, 0.2) is 23.3 Å². The van der Waals surface area contributed by atoms with Gasteiger partial charge in [-0.1, -0.05) is 0 Å². The van der Waals surface area contributed by atoms with Gasteiger partial charge in [-0.2, -0.15) is 0 Å². The molecule has 0 spiro atoms. The van der Waals surface area contributed by atoms with Crippen LogP contribution in [-0.2, 0) is 10.3 Å². The third-order valence-electron chi connectivity index (χ3n) is 4.98. The second-order valence-electron chi connectivity index (χ2n) is 6.41. The molecule has 10 heteroatoms. The standard InChI is InChI=1S/C18H11F4N3O3/c19-10-5-9(13(20)15(22)14(10)21)18-3-1-12-7(2-4-25(12)17(23)28)8(18)6-11(24-18)16(26)27/h1,3,5-6H,2,4H2,(H2,23,28)(H,26,27). The number of primary amides is 1. The number of carboxylic acid groups (broad SMARTS) is 1. The van der Waals surface area contributed by atoms with Crippen molar-refractivity contribution in [3.63, 3.8) is 0 Å². The third kappa shape index (κ3) is 2.23. The van der Waals surface area contributed by atoms with Crippen LogP contribution in [-0.4, -0.2) is 34.3 Å². The molecule has 0 bridgehead atoms. The molecule has 0 radical (unpaired) electrons. The summed E-state index contributed by atoms with van der Waals surface area (Å²) in [6.45, 7) is 0.189. The first-order chi connectivity index (χ1) is 13.2. The quantitative estimate of drug-likeness (QED) is 0.459. The van der Waals surface area contributed by atoms with Crippen LogP contribution >= 0.6 is 0 Å². The Bertz CT molecular complexity index is 1090. The van der Waals surface area contributed by atoms with Gasteiger partial charge >= 0.3 is 12.0 Å². The van der Waals surface area contributed by atoms with Crippen LogP contribution in [0.4, 0.5) is 22.4 Å². The molecule has 0 saturated heterocycles. The van der Waals surface area contributed by atoms with E-state index in [1.807, 2.05) is 0 Å². The highest BCUT2D eigenvalue weighted by molar-refractivity contribution is 6.41. The Labute approximate surface area is 154 Å². The monoisotopic (exact) mass is 393 g/mol. The highest BCUT2D eigenvalue weighted by Crippen LogP contribution is 2.50. The highest BCUT2D eigenvalue weighted by Gasteiger charge is 2.48. The molecule has 0 saturated carbocycles. The van der Waals surface area contributed by atoms with Gasteiger partial charge in [-0.15, -0.1) is 0 Å². The molecule has 1 aromatic rings. The van der Waals surface area contributed by atoms with Crippen molar-refractivity contribution in [2.45, 2.75) is 12.0 Å². The number of carbonyl (C=O) groups excluding carboxylic acids is 1. The number of allylic oxidation sites excluding steroid dienone is 1. The number of aliphatic imine (C=N–C) groups is 1. The van der Waals surface area contributed by atoms with Crippen molar-refractivity contribution < 1.29 is 32.3 Å². The molecule has 2 amide bonds. The molecule has 1 unspecified atom stereocenters. The van der Waals surface area contributed by atoms with Crippen molar-refractivity contribution in [3.05, 3.63) is 70.0 Å². The molecule has 0 aromatic heterocycles. The van der Waals surface area contributed by atoms with Crippen LogP contribution in [0.3, 0.4) is 0 Å². The van der Waals surface area contributed by atoms with E-state index in [0.29, 0.717) is 17.3 Å². The summed E-state index contributed by atoms with van der Waals surface area (Å²) < 4.78 is 55.7. The minimum atomic E-state index is -2.03. The van der Waals surface area contributed by atoms with E-state index < -0.39 is 52.1 Å². The zero-order valence-corrected chi connectivity index (χ0v) is 14.0. The largest absolute Gasteiger partial charge is 0.477 e. The van der Waals surface area contributed by atoms with Crippen LogP contribution in [0.25, 0.3) is 0 Å². The molecule has 3 aliphatic rings. The van der Waals surface area contributed by atoms with Crippen molar-refractivity contribution >= 4 is 17.7 Å². The number of fused-ring (bicyclic) bond motifs is 2. The number of aliphatic carboxylic acids is 1. The van der Waals surface area contributed by atoms with E-state index in [9.17, 15) is 32.3 Å². The number of rotatable bonds is 2. The summed E-state index contributed by atoms with van der Waals surface area (Å²) in [7, 11) is 0. The maximum atomic E-state index is 14.6. The Kier molecular flexibility index (Phi) is 3.71. The fourth-order valence-corrected chi connectivity index (χ4v) is 3.75. The smallest absolute Gasteiger partial charge is 0.354 e. The van der Waals surface area contributed by atoms with Crippen LogP contribution < -0.4 is 5.73 Å². The molecule has 0 fully saturated rings. The van der Waals surface area contributed by atoms with Crippen LogP contribution in [0, 0.1) is 23.3 Å². The molecule has 1 aromatic carbocycles. The second-order valence-corrected chi connectivity index (χ2v) is 6.41. The molecule has 1 atom stereocenters. The lowest BCUT2D eigenvalue weighted by molar-refractivity contribution is -0.129. The van der Waals surface area contributed by atoms with Crippen molar-refractivity contribution in [3.8, 4) is 0 Å². The minimum absolute atomic E-state index is 0.135. The van der Waals surface area contributed by atoms with Gasteiger partial charge in [-0.05, 0) is 41.9 Å². The lowest BCUT2D eigenvalue weighted by atomic mass is 9.76. The lowest BCUT2D eigenvalue weighted by Gasteiger charge is -2.32. The van der Waals surface area contributed by atoms with Gasteiger partial charge in [0.25, 0.3) is 0 Å². The number of carbonyl (C=O) groups is 2.